The van der Waals surface area contributed by atoms with Gasteiger partial charge in [0.2, 0.25) is 0 Å². The molecule has 1 heterocycles. The molecule has 0 amide bonds. The molecule has 0 radical (unpaired) electrons. The molecule has 0 aromatic heterocycles. The van der Waals surface area contributed by atoms with E-state index in [1.807, 2.05) is 0 Å². The summed E-state index contributed by atoms with van der Waals surface area (Å²) in [4.78, 5) is 11.7. The number of hydrogen-bond acceptors (Lipinski definition) is 3. The molecule has 3 rings (SSSR count). The first-order valence-electron chi connectivity index (χ1n) is 7.02. The van der Waals surface area contributed by atoms with Crippen molar-refractivity contribution in [1.82, 2.24) is 0 Å². The standard InChI is InChI=1S/C15H22O3/c1-14(9-16)6-3-7-15(2)11-8-18-13(17)10(11)4-5-12(14)15/h12,16H,3-9H2,1-2H3. The molecule has 2 aliphatic carbocycles. The van der Waals surface area contributed by atoms with Gasteiger partial charge in [0.15, 0.2) is 0 Å². The quantitative estimate of drug-likeness (QED) is 0.727. The third kappa shape index (κ3) is 1.43. The molecule has 3 nitrogen and oxygen atoms in total. The van der Waals surface area contributed by atoms with Crippen LogP contribution in [0.5, 0.6) is 0 Å². The van der Waals surface area contributed by atoms with Gasteiger partial charge in [-0.1, -0.05) is 20.3 Å². The highest BCUT2D eigenvalue weighted by atomic mass is 16.5. The lowest BCUT2D eigenvalue weighted by Crippen LogP contribution is -2.48. The summed E-state index contributed by atoms with van der Waals surface area (Å²) < 4.78 is 5.24. The summed E-state index contributed by atoms with van der Waals surface area (Å²) in [6.45, 7) is 5.23. The molecule has 0 bridgehead atoms. The first-order valence-corrected chi connectivity index (χ1v) is 7.02. The van der Waals surface area contributed by atoms with E-state index in [1.54, 1.807) is 0 Å². The van der Waals surface area contributed by atoms with Crippen molar-refractivity contribution in [3.05, 3.63) is 11.1 Å². The van der Waals surface area contributed by atoms with Gasteiger partial charge in [0.1, 0.15) is 6.61 Å². The smallest absolute Gasteiger partial charge is 0.334 e. The molecule has 3 atom stereocenters. The van der Waals surface area contributed by atoms with Gasteiger partial charge >= 0.3 is 5.97 Å². The van der Waals surface area contributed by atoms with Crippen LogP contribution in [-0.2, 0) is 9.53 Å². The number of fused-ring (bicyclic) bond motifs is 2. The molecule has 100 valence electrons. The first kappa shape index (κ1) is 12.2. The van der Waals surface area contributed by atoms with Crippen molar-refractivity contribution in [3.8, 4) is 0 Å². The lowest BCUT2D eigenvalue weighted by Gasteiger charge is -2.54. The Morgan fingerprint density at radius 2 is 2.17 bits per heavy atom. The maximum atomic E-state index is 11.7. The molecule has 0 saturated heterocycles. The van der Waals surface area contributed by atoms with Crippen LogP contribution in [-0.4, -0.2) is 24.3 Å². The molecular weight excluding hydrogens is 228 g/mol. The van der Waals surface area contributed by atoms with Crippen LogP contribution in [0.1, 0.15) is 46.0 Å². The minimum atomic E-state index is -0.0963. The van der Waals surface area contributed by atoms with E-state index in [9.17, 15) is 9.90 Å². The highest BCUT2D eigenvalue weighted by Crippen LogP contribution is 2.60. The van der Waals surface area contributed by atoms with Gasteiger partial charge in [-0.05, 0) is 48.0 Å². The number of esters is 1. The second-order valence-electron chi connectivity index (χ2n) is 6.71. The number of hydrogen-bond donors (Lipinski definition) is 1. The van der Waals surface area contributed by atoms with E-state index in [1.165, 1.54) is 5.57 Å². The van der Waals surface area contributed by atoms with Gasteiger partial charge in [-0.15, -0.1) is 0 Å². The second kappa shape index (κ2) is 3.83. The van der Waals surface area contributed by atoms with Crippen molar-refractivity contribution in [2.45, 2.75) is 46.0 Å². The van der Waals surface area contributed by atoms with Crippen LogP contribution in [0.2, 0.25) is 0 Å². The number of aliphatic hydroxyl groups is 1. The van der Waals surface area contributed by atoms with Gasteiger partial charge < -0.3 is 9.84 Å². The summed E-state index contributed by atoms with van der Waals surface area (Å²) >= 11 is 0. The number of rotatable bonds is 1. The van der Waals surface area contributed by atoms with Gasteiger partial charge in [-0.3, -0.25) is 0 Å². The molecular formula is C15H22O3. The number of cyclic esters (lactones) is 1. The maximum Gasteiger partial charge on any atom is 0.334 e. The largest absolute Gasteiger partial charge is 0.458 e. The molecule has 0 spiro atoms. The van der Waals surface area contributed by atoms with Crippen LogP contribution in [0.15, 0.2) is 11.1 Å². The van der Waals surface area contributed by atoms with Crippen LogP contribution in [0.4, 0.5) is 0 Å². The van der Waals surface area contributed by atoms with Crippen LogP contribution in [0, 0.1) is 16.7 Å². The van der Waals surface area contributed by atoms with E-state index < -0.39 is 0 Å². The summed E-state index contributed by atoms with van der Waals surface area (Å²) in [5.41, 5.74) is 2.26. The summed E-state index contributed by atoms with van der Waals surface area (Å²) in [5, 5.41) is 9.78. The Labute approximate surface area is 108 Å². The fourth-order valence-corrected chi connectivity index (χ4v) is 4.68. The predicted octanol–water partition coefficient (Wildman–Crippen LogP) is 2.44. The fourth-order valence-electron chi connectivity index (χ4n) is 4.68. The fraction of sp³-hybridized carbons (Fsp3) is 0.800. The Balaban J connectivity index is 2.04. The topological polar surface area (TPSA) is 46.5 Å². The van der Waals surface area contributed by atoms with E-state index in [-0.39, 0.29) is 23.4 Å². The molecule has 0 aromatic rings. The van der Waals surface area contributed by atoms with Crippen molar-refractivity contribution < 1.29 is 14.6 Å². The lowest BCUT2D eigenvalue weighted by atomic mass is 9.50. The Morgan fingerprint density at radius 1 is 1.39 bits per heavy atom. The van der Waals surface area contributed by atoms with Gasteiger partial charge in [0.05, 0.1) is 0 Å². The highest BCUT2D eigenvalue weighted by molar-refractivity contribution is 5.92. The summed E-state index contributed by atoms with van der Waals surface area (Å²) in [6, 6.07) is 0. The van der Waals surface area contributed by atoms with Crippen LogP contribution >= 0.6 is 0 Å². The van der Waals surface area contributed by atoms with E-state index in [0.29, 0.717) is 12.5 Å². The van der Waals surface area contributed by atoms with E-state index in [2.05, 4.69) is 13.8 Å². The van der Waals surface area contributed by atoms with Gasteiger partial charge in [-0.25, -0.2) is 4.79 Å². The second-order valence-corrected chi connectivity index (χ2v) is 6.71. The zero-order valence-electron chi connectivity index (χ0n) is 11.3. The highest BCUT2D eigenvalue weighted by Gasteiger charge is 2.54. The van der Waals surface area contributed by atoms with Gasteiger partial charge in [-0.2, -0.15) is 0 Å². The number of ether oxygens (including phenoxy) is 1. The van der Waals surface area contributed by atoms with Crippen LogP contribution in [0.3, 0.4) is 0 Å². The van der Waals surface area contributed by atoms with Crippen molar-refractivity contribution >= 4 is 5.97 Å². The molecule has 1 N–H and O–H groups in total. The Morgan fingerprint density at radius 3 is 2.89 bits per heavy atom. The van der Waals surface area contributed by atoms with E-state index in [0.717, 1.165) is 37.7 Å². The van der Waals surface area contributed by atoms with E-state index >= 15 is 0 Å². The van der Waals surface area contributed by atoms with E-state index in [4.69, 9.17) is 4.74 Å². The lowest BCUT2D eigenvalue weighted by molar-refractivity contribution is -0.136. The molecule has 0 aromatic carbocycles. The van der Waals surface area contributed by atoms with Crippen molar-refractivity contribution in [1.29, 1.82) is 0 Å². The first-order chi connectivity index (χ1) is 8.51. The maximum absolute atomic E-state index is 11.7. The van der Waals surface area contributed by atoms with Crippen molar-refractivity contribution in [2.75, 3.05) is 13.2 Å². The molecule has 1 saturated carbocycles. The minimum Gasteiger partial charge on any atom is -0.458 e. The Kier molecular flexibility index (Phi) is 2.60. The zero-order valence-corrected chi connectivity index (χ0v) is 11.3. The van der Waals surface area contributed by atoms with Gasteiger partial charge in [0, 0.05) is 12.2 Å². The summed E-state index contributed by atoms with van der Waals surface area (Å²) in [7, 11) is 0. The zero-order chi connectivity index (χ0) is 13.0. The number of carbonyl (C=O) groups is 1. The summed E-state index contributed by atoms with van der Waals surface area (Å²) in [6.07, 6.45) is 5.21. The average molecular weight is 250 g/mol. The van der Waals surface area contributed by atoms with Crippen molar-refractivity contribution in [3.63, 3.8) is 0 Å². The third-order valence-corrected chi connectivity index (χ3v) is 5.75. The predicted molar refractivity (Wildman–Crippen MR) is 67.9 cm³/mol. The minimum absolute atomic E-state index is 0.0111. The normalized spacial score (nSPS) is 43.5. The number of aliphatic hydroxyl groups excluding tert-OH is 1. The Bertz CT molecular complexity index is 425. The molecule has 3 unspecified atom stereocenters. The molecule has 3 heteroatoms. The molecule has 1 aliphatic heterocycles. The Hall–Kier alpha value is -0.830. The van der Waals surface area contributed by atoms with Gasteiger partial charge in [0.25, 0.3) is 0 Å². The molecule has 1 fully saturated rings. The third-order valence-electron chi connectivity index (χ3n) is 5.75. The summed E-state index contributed by atoms with van der Waals surface area (Å²) in [5.74, 6) is 0.387. The number of carbonyl (C=O) groups excluding carboxylic acids is 1. The average Bonchev–Trinajstić information content (AvgIpc) is 2.72. The molecule has 3 aliphatic rings. The van der Waals surface area contributed by atoms with Crippen molar-refractivity contribution in [2.24, 2.45) is 16.7 Å². The SMILES string of the molecule is CC1(CO)CCCC2(C)C3=C(CCC12)C(=O)OC3. The molecule has 18 heavy (non-hydrogen) atoms. The van der Waals surface area contributed by atoms with Crippen LogP contribution < -0.4 is 0 Å². The monoisotopic (exact) mass is 250 g/mol. The van der Waals surface area contributed by atoms with Crippen LogP contribution in [0.25, 0.3) is 0 Å².